The van der Waals surface area contributed by atoms with Crippen molar-refractivity contribution in [3.05, 3.63) is 56.9 Å². The zero-order valence-electron chi connectivity index (χ0n) is 16.0. The van der Waals surface area contributed by atoms with Crippen LogP contribution in [0.15, 0.2) is 40.3 Å². The number of nitrogens with zero attached hydrogens (tertiary/aromatic N) is 2. The van der Waals surface area contributed by atoms with Crippen molar-refractivity contribution < 1.29 is 14.6 Å². The molecule has 5 rings (SSSR count). The highest BCUT2D eigenvalue weighted by molar-refractivity contribution is 6.53. The van der Waals surface area contributed by atoms with Gasteiger partial charge in [0.05, 0.1) is 22.8 Å². The standard InChI is InChI=1S/C23H22N2O3/c1-12-20-13(2)22(23(27)28-15-9-7-14(26)8-10-15)25-19(20)11-17-16-5-3-4-6-18(16)24-21(12)17/h3-6,11,14-15,26H,7-10H2,1-2H3/t14-,15-. The van der Waals surface area contributed by atoms with Crippen LogP contribution < -0.4 is 10.6 Å². The van der Waals surface area contributed by atoms with Gasteiger partial charge in [0.2, 0.25) is 0 Å². The van der Waals surface area contributed by atoms with Crippen molar-refractivity contribution in [2.24, 2.45) is 9.98 Å². The van der Waals surface area contributed by atoms with E-state index in [9.17, 15) is 9.90 Å². The smallest absolute Gasteiger partial charge is 0.357 e. The third-order valence-electron chi connectivity index (χ3n) is 6.02. The maximum Gasteiger partial charge on any atom is 0.357 e. The van der Waals surface area contributed by atoms with Crippen molar-refractivity contribution in [3.8, 4) is 0 Å². The number of aliphatic hydroxyl groups is 1. The SMILES string of the molecule is CC1=c2c(cc3c(c2C)N=c2ccccc2=3)N=C1C(=O)O[C@H]1CC[C@H](O)CC1. The van der Waals surface area contributed by atoms with Gasteiger partial charge in [-0.1, -0.05) is 18.2 Å². The van der Waals surface area contributed by atoms with Crippen LogP contribution in [0.25, 0.3) is 5.57 Å². The number of ether oxygens (including phenoxy) is 1. The molecule has 5 nitrogen and oxygen atoms in total. The van der Waals surface area contributed by atoms with Gasteiger partial charge in [0.15, 0.2) is 5.71 Å². The van der Waals surface area contributed by atoms with Crippen LogP contribution in [0.3, 0.4) is 0 Å². The zero-order chi connectivity index (χ0) is 19.4. The molecule has 0 saturated heterocycles. The second kappa shape index (κ2) is 6.38. The Hall–Kier alpha value is -2.79. The second-order valence-corrected chi connectivity index (χ2v) is 7.84. The molecule has 0 amide bonds. The minimum atomic E-state index is -0.369. The summed E-state index contributed by atoms with van der Waals surface area (Å²) in [5, 5.41) is 13.8. The molecule has 2 aliphatic heterocycles. The van der Waals surface area contributed by atoms with Crippen molar-refractivity contribution >= 4 is 28.6 Å². The number of esters is 1. The maximum absolute atomic E-state index is 12.8. The number of para-hydroxylation sites is 1. The van der Waals surface area contributed by atoms with Crippen LogP contribution in [-0.2, 0) is 9.53 Å². The molecule has 0 spiro atoms. The van der Waals surface area contributed by atoms with E-state index in [0.29, 0.717) is 31.4 Å². The first-order valence-corrected chi connectivity index (χ1v) is 9.83. The quantitative estimate of drug-likeness (QED) is 0.701. The Balaban J connectivity index is 1.55. The van der Waals surface area contributed by atoms with Gasteiger partial charge in [-0.3, -0.25) is 0 Å². The molecular formula is C23H22N2O3. The van der Waals surface area contributed by atoms with E-state index in [0.717, 1.165) is 43.5 Å². The molecule has 1 aliphatic carbocycles. The molecule has 3 aliphatic rings. The lowest BCUT2D eigenvalue weighted by molar-refractivity contribution is -0.142. The van der Waals surface area contributed by atoms with Gasteiger partial charge in [-0.15, -0.1) is 0 Å². The summed E-state index contributed by atoms with van der Waals surface area (Å²) in [6, 6.07) is 10.1. The molecule has 1 N–H and O–H groups in total. The Morgan fingerprint density at radius 1 is 1.07 bits per heavy atom. The predicted octanol–water partition coefficient (Wildman–Crippen LogP) is 2.65. The van der Waals surface area contributed by atoms with E-state index in [1.807, 2.05) is 38.1 Å². The van der Waals surface area contributed by atoms with E-state index in [4.69, 9.17) is 9.73 Å². The van der Waals surface area contributed by atoms with Gasteiger partial charge in [-0.2, -0.15) is 0 Å². The van der Waals surface area contributed by atoms with Crippen LogP contribution in [-0.4, -0.2) is 29.0 Å². The van der Waals surface area contributed by atoms with Gasteiger partial charge in [-0.25, -0.2) is 14.8 Å². The molecule has 2 aromatic carbocycles. The lowest BCUT2D eigenvalue weighted by Gasteiger charge is -2.25. The van der Waals surface area contributed by atoms with Gasteiger partial charge >= 0.3 is 5.97 Å². The Kier molecular flexibility index (Phi) is 3.95. The summed E-state index contributed by atoms with van der Waals surface area (Å²) in [5.41, 5.74) is 4.06. The van der Waals surface area contributed by atoms with Crippen LogP contribution in [0, 0.1) is 17.4 Å². The number of carbonyl (C=O) groups excluding carboxylic acids is 1. The van der Waals surface area contributed by atoms with E-state index in [-0.39, 0.29) is 18.2 Å². The number of rotatable bonds is 2. The first-order chi connectivity index (χ1) is 13.5. The topological polar surface area (TPSA) is 71.2 Å². The molecule has 2 aromatic rings. The van der Waals surface area contributed by atoms with Crippen molar-refractivity contribution in [2.45, 2.75) is 51.7 Å². The zero-order valence-corrected chi connectivity index (χ0v) is 16.0. The average Bonchev–Trinajstić information content (AvgIpc) is 3.23. The Bertz CT molecular complexity index is 1250. The molecule has 0 unspecified atom stereocenters. The van der Waals surface area contributed by atoms with Crippen molar-refractivity contribution in [1.82, 2.24) is 0 Å². The Labute approximate surface area is 162 Å². The number of aliphatic hydroxyl groups excluding tert-OH is 1. The summed E-state index contributed by atoms with van der Waals surface area (Å²) in [6.45, 7) is 3.97. The van der Waals surface area contributed by atoms with Gasteiger partial charge in [-0.05, 0) is 62.8 Å². The van der Waals surface area contributed by atoms with E-state index in [1.165, 1.54) is 0 Å². The first kappa shape index (κ1) is 17.3. The molecule has 0 radical (unpaired) electrons. The van der Waals surface area contributed by atoms with Gasteiger partial charge in [0.1, 0.15) is 6.10 Å². The van der Waals surface area contributed by atoms with Crippen LogP contribution in [0.1, 0.15) is 38.2 Å². The summed E-state index contributed by atoms with van der Waals surface area (Å²) >= 11 is 0. The summed E-state index contributed by atoms with van der Waals surface area (Å²) < 4.78 is 5.70. The Morgan fingerprint density at radius 3 is 2.61 bits per heavy atom. The van der Waals surface area contributed by atoms with Crippen molar-refractivity contribution in [1.29, 1.82) is 0 Å². The van der Waals surface area contributed by atoms with Crippen LogP contribution in [0.5, 0.6) is 0 Å². The summed E-state index contributed by atoms with van der Waals surface area (Å²) in [7, 11) is 0. The fraction of sp³-hybridized carbons (Fsp3) is 0.348. The van der Waals surface area contributed by atoms with Gasteiger partial charge in [0, 0.05) is 15.7 Å². The normalized spacial score (nSPS) is 22.1. The molecule has 1 fully saturated rings. The number of hydrogen-bond donors (Lipinski definition) is 1. The maximum atomic E-state index is 12.8. The third kappa shape index (κ3) is 2.61. The van der Waals surface area contributed by atoms with Gasteiger partial charge < -0.3 is 9.84 Å². The fourth-order valence-electron chi connectivity index (χ4n) is 4.51. The molecule has 0 atom stereocenters. The molecule has 28 heavy (non-hydrogen) atoms. The van der Waals surface area contributed by atoms with Gasteiger partial charge in [0.25, 0.3) is 0 Å². The van der Waals surface area contributed by atoms with Crippen LogP contribution in [0.2, 0.25) is 0 Å². The molecule has 0 bridgehead atoms. The largest absolute Gasteiger partial charge is 0.458 e. The fourth-order valence-corrected chi connectivity index (χ4v) is 4.51. The van der Waals surface area contributed by atoms with E-state index in [1.54, 1.807) is 0 Å². The lowest BCUT2D eigenvalue weighted by atomic mass is 9.95. The number of aliphatic imine (C=N–C) groups is 1. The van der Waals surface area contributed by atoms with E-state index in [2.05, 4.69) is 11.1 Å². The average molecular weight is 374 g/mol. The van der Waals surface area contributed by atoms with Crippen LogP contribution in [0.4, 0.5) is 11.4 Å². The third-order valence-corrected chi connectivity index (χ3v) is 6.02. The summed E-state index contributed by atoms with van der Waals surface area (Å²) in [5.74, 6) is -0.369. The van der Waals surface area contributed by atoms with E-state index < -0.39 is 0 Å². The highest BCUT2D eigenvalue weighted by atomic mass is 16.5. The van der Waals surface area contributed by atoms with Crippen molar-refractivity contribution in [3.63, 3.8) is 0 Å². The van der Waals surface area contributed by atoms with E-state index >= 15 is 0 Å². The molecule has 5 heteroatoms. The molecule has 1 saturated carbocycles. The lowest BCUT2D eigenvalue weighted by Crippen LogP contribution is -2.29. The minimum Gasteiger partial charge on any atom is -0.458 e. The number of benzene rings is 2. The number of fused-ring (bicyclic) bond motifs is 3. The van der Waals surface area contributed by atoms with Crippen molar-refractivity contribution in [2.75, 3.05) is 0 Å². The monoisotopic (exact) mass is 374 g/mol. The summed E-state index contributed by atoms with van der Waals surface area (Å²) in [4.78, 5) is 22.2. The summed E-state index contributed by atoms with van der Waals surface area (Å²) in [6.07, 6.45) is 2.36. The first-order valence-electron chi connectivity index (χ1n) is 9.83. The van der Waals surface area contributed by atoms with Crippen LogP contribution >= 0.6 is 0 Å². The highest BCUT2D eigenvalue weighted by Gasteiger charge is 2.28. The molecule has 2 heterocycles. The number of hydrogen-bond acceptors (Lipinski definition) is 5. The molecule has 142 valence electrons. The second-order valence-electron chi connectivity index (χ2n) is 7.84. The molecule has 0 aromatic heterocycles. The molecular weight excluding hydrogens is 352 g/mol. The minimum absolute atomic E-state index is 0.136. The number of carbonyl (C=O) groups is 1. The Morgan fingerprint density at radius 2 is 1.82 bits per heavy atom. The predicted molar refractivity (Wildman–Crippen MR) is 106 cm³/mol. The highest BCUT2D eigenvalue weighted by Crippen LogP contribution is 2.29.